The van der Waals surface area contributed by atoms with Crippen molar-refractivity contribution in [3.63, 3.8) is 0 Å². The van der Waals surface area contributed by atoms with Gasteiger partial charge >= 0.3 is 0 Å². The zero-order valence-electron chi connectivity index (χ0n) is 8.08. The SMILES string of the molecule is CC(C)N1C(=O)CC(CN)C1C. The van der Waals surface area contributed by atoms with Gasteiger partial charge in [-0.1, -0.05) is 0 Å². The second-order valence-electron chi connectivity index (χ2n) is 3.84. The zero-order chi connectivity index (χ0) is 9.30. The fourth-order valence-electron chi connectivity index (χ4n) is 1.99. The van der Waals surface area contributed by atoms with Gasteiger partial charge < -0.3 is 10.6 Å². The Kier molecular flexibility index (Phi) is 2.73. The van der Waals surface area contributed by atoms with Gasteiger partial charge in [-0.15, -0.1) is 0 Å². The topological polar surface area (TPSA) is 46.3 Å². The number of likely N-dealkylation sites (tertiary alicyclic amines) is 1. The first-order valence-corrected chi connectivity index (χ1v) is 4.59. The van der Waals surface area contributed by atoms with E-state index in [4.69, 9.17) is 5.73 Å². The van der Waals surface area contributed by atoms with Gasteiger partial charge in [0.1, 0.15) is 0 Å². The van der Waals surface area contributed by atoms with Crippen molar-refractivity contribution >= 4 is 5.91 Å². The number of nitrogens with zero attached hydrogens (tertiary/aromatic N) is 1. The lowest BCUT2D eigenvalue weighted by atomic mass is 10.0. The minimum Gasteiger partial charge on any atom is -0.337 e. The molecule has 0 saturated carbocycles. The molecule has 1 aliphatic heterocycles. The molecule has 70 valence electrons. The van der Waals surface area contributed by atoms with Crippen LogP contribution >= 0.6 is 0 Å². The minimum absolute atomic E-state index is 0.257. The van der Waals surface area contributed by atoms with Gasteiger partial charge in [0.25, 0.3) is 0 Å². The second kappa shape index (κ2) is 3.44. The highest BCUT2D eigenvalue weighted by molar-refractivity contribution is 5.79. The molecule has 0 aromatic rings. The summed E-state index contributed by atoms with van der Waals surface area (Å²) >= 11 is 0. The van der Waals surface area contributed by atoms with Gasteiger partial charge in [0.05, 0.1) is 0 Å². The Bertz CT molecular complexity index is 179. The molecule has 1 heterocycles. The van der Waals surface area contributed by atoms with E-state index in [2.05, 4.69) is 6.92 Å². The monoisotopic (exact) mass is 170 g/mol. The third-order valence-electron chi connectivity index (χ3n) is 2.70. The Labute approximate surface area is 73.9 Å². The first-order chi connectivity index (χ1) is 5.57. The number of nitrogens with two attached hydrogens (primary N) is 1. The van der Waals surface area contributed by atoms with Crippen LogP contribution in [0.4, 0.5) is 0 Å². The summed E-state index contributed by atoms with van der Waals surface area (Å²) in [5, 5.41) is 0. The predicted molar refractivity (Wildman–Crippen MR) is 48.6 cm³/mol. The van der Waals surface area contributed by atoms with Crippen molar-refractivity contribution in [3.8, 4) is 0 Å². The molecule has 2 N–H and O–H groups in total. The summed E-state index contributed by atoms with van der Waals surface area (Å²) in [5.74, 6) is 0.618. The molecule has 3 heteroatoms. The number of hydrogen-bond donors (Lipinski definition) is 1. The van der Waals surface area contributed by atoms with Crippen LogP contribution in [-0.4, -0.2) is 29.4 Å². The van der Waals surface area contributed by atoms with Crippen LogP contribution in [0.1, 0.15) is 27.2 Å². The Morgan fingerprint density at radius 1 is 1.67 bits per heavy atom. The van der Waals surface area contributed by atoms with Crippen molar-refractivity contribution in [1.29, 1.82) is 0 Å². The highest BCUT2D eigenvalue weighted by Crippen LogP contribution is 2.26. The van der Waals surface area contributed by atoms with E-state index in [-0.39, 0.29) is 5.91 Å². The lowest BCUT2D eigenvalue weighted by Crippen LogP contribution is -2.39. The van der Waals surface area contributed by atoms with Gasteiger partial charge in [0.2, 0.25) is 5.91 Å². The third-order valence-corrected chi connectivity index (χ3v) is 2.70. The summed E-state index contributed by atoms with van der Waals surface area (Å²) in [6.45, 7) is 6.80. The molecule has 1 rings (SSSR count). The maximum Gasteiger partial charge on any atom is 0.223 e. The van der Waals surface area contributed by atoms with E-state index in [1.807, 2.05) is 18.7 Å². The molecule has 1 saturated heterocycles. The summed E-state index contributed by atoms with van der Waals surface area (Å²) < 4.78 is 0. The average molecular weight is 170 g/mol. The first-order valence-electron chi connectivity index (χ1n) is 4.59. The highest BCUT2D eigenvalue weighted by atomic mass is 16.2. The number of rotatable bonds is 2. The van der Waals surface area contributed by atoms with Gasteiger partial charge in [-0.3, -0.25) is 4.79 Å². The van der Waals surface area contributed by atoms with Crippen molar-refractivity contribution < 1.29 is 4.79 Å². The smallest absolute Gasteiger partial charge is 0.223 e. The first kappa shape index (κ1) is 9.52. The molecule has 0 bridgehead atoms. The molecular weight excluding hydrogens is 152 g/mol. The van der Waals surface area contributed by atoms with Crippen molar-refractivity contribution in [2.75, 3.05) is 6.54 Å². The number of carbonyl (C=O) groups excluding carboxylic acids is 1. The molecule has 3 nitrogen and oxygen atoms in total. The van der Waals surface area contributed by atoms with E-state index in [0.29, 0.717) is 31.0 Å². The van der Waals surface area contributed by atoms with Crippen LogP contribution in [0.3, 0.4) is 0 Å². The van der Waals surface area contributed by atoms with E-state index in [9.17, 15) is 4.79 Å². The second-order valence-corrected chi connectivity index (χ2v) is 3.84. The lowest BCUT2D eigenvalue weighted by Gasteiger charge is -2.28. The van der Waals surface area contributed by atoms with E-state index < -0.39 is 0 Å². The van der Waals surface area contributed by atoms with Crippen molar-refractivity contribution in [2.24, 2.45) is 11.7 Å². The number of hydrogen-bond acceptors (Lipinski definition) is 2. The van der Waals surface area contributed by atoms with Crippen LogP contribution in [-0.2, 0) is 4.79 Å². The van der Waals surface area contributed by atoms with Crippen LogP contribution in [0.5, 0.6) is 0 Å². The Morgan fingerprint density at radius 3 is 2.50 bits per heavy atom. The van der Waals surface area contributed by atoms with Crippen LogP contribution in [0.25, 0.3) is 0 Å². The highest BCUT2D eigenvalue weighted by Gasteiger charge is 2.36. The molecule has 2 unspecified atom stereocenters. The van der Waals surface area contributed by atoms with E-state index in [1.54, 1.807) is 0 Å². The van der Waals surface area contributed by atoms with E-state index >= 15 is 0 Å². The minimum atomic E-state index is 0.257. The van der Waals surface area contributed by atoms with E-state index in [1.165, 1.54) is 0 Å². The molecule has 0 aromatic heterocycles. The number of carbonyl (C=O) groups is 1. The largest absolute Gasteiger partial charge is 0.337 e. The van der Waals surface area contributed by atoms with Gasteiger partial charge in [0, 0.05) is 24.4 Å². The van der Waals surface area contributed by atoms with Crippen molar-refractivity contribution in [2.45, 2.75) is 39.3 Å². The molecule has 1 fully saturated rings. The summed E-state index contributed by atoms with van der Waals surface area (Å²) in [6.07, 6.45) is 0.635. The molecule has 1 aliphatic rings. The maximum atomic E-state index is 11.5. The van der Waals surface area contributed by atoms with Gasteiger partial charge in [-0.2, -0.15) is 0 Å². The summed E-state index contributed by atoms with van der Waals surface area (Å²) in [6, 6.07) is 0.631. The van der Waals surface area contributed by atoms with E-state index in [0.717, 1.165) is 0 Å². The molecule has 0 aromatic carbocycles. The maximum absolute atomic E-state index is 11.5. The molecule has 12 heavy (non-hydrogen) atoms. The molecule has 0 aliphatic carbocycles. The van der Waals surface area contributed by atoms with Crippen molar-refractivity contribution in [3.05, 3.63) is 0 Å². The van der Waals surface area contributed by atoms with Gasteiger partial charge in [-0.25, -0.2) is 0 Å². The van der Waals surface area contributed by atoms with Crippen LogP contribution in [0.15, 0.2) is 0 Å². The fourth-order valence-corrected chi connectivity index (χ4v) is 1.99. The normalized spacial score (nSPS) is 30.4. The summed E-state index contributed by atoms with van der Waals surface area (Å²) in [7, 11) is 0. The molecular formula is C9H18N2O. The van der Waals surface area contributed by atoms with Crippen LogP contribution in [0.2, 0.25) is 0 Å². The molecule has 0 radical (unpaired) electrons. The zero-order valence-corrected chi connectivity index (χ0v) is 8.08. The molecule has 0 spiro atoms. The Hall–Kier alpha value is -0.570. The molecule has 1 amide bonds. The standard InChI is InChI=1S/C9H18N2O/c1-6(2)11-7(3)8(5-10)4-9(11)12/h6-8H,4-5,10H2,1-3H3. The quantitative estimate of drug-likeness (QED) is 0.659. The van der Waals surface area contributed by atoms with Crippen LogP contribution < -0.4 is 5.73 Å². The van der Waals surface area contributed by atoms with Crippen LogP contribution in [0, 0.1) is 5.92 Å². The van der Waals surface area contributed by atoms with Crippen molar-refractivity contribution in [1.82, 2.24) is 4.90 Å². The average Bonchev–Trinajstić information content (AvgIpc) is 2.25. The predicted octanol–water partition coefficient (Wildman–Crippen LogP) is 0.591. The third kappa shape index (κ3) is 1.46. The summed E-state index contributed by atoms with van der Waals surface area (Å²) in [5.41, 5.74) is 5.57. The van der Waals surface area contributed by atoms with Gasteiger partial charge in [-0.05, 0) is 27.3 Å². The Morgan fingerprint density at radius 2 is 2.25 bits per heavy atom. The molecule has 2 atom stereocenters. The Balaban J connectivity index is 2.70. The number of amides is 1. The lowest BCUT2D eigenvalue weighted by molar-refractivity contribution is -0.130. The fraction of sp³-hybridized carbons (Fsp3) is 0.889. The van der Waals surface area contributed by atoms with Gasteiger partial charge in [0.15, 0.2) is 0 Å². The summed E-state index contributed by atoms with van der Waals surface area (Å²) in [4.78, 5) is 13.4.